The first kappa shape index (κ1) is 19.8. The highest BCUT2D eigenvalue weighted by atomic mass is 35.5. The lowest BCUT2D eigenvalue weighted by Crippen LogP contribution is -2.12. The van der Waals surface area contributed by atoms with Crippen molar-refractivity contribution in [1.29, 1.82) is 0 Å². The van der Waals surface area contributed by atoms with E-state index in [0.717, 1.165) is 11.1 Å². The number of amides is 1. The molecule has 5 rings (SSSR count). The van der Waals surface area contributed by atoms with Crippen LogP contribution in [0.1, 0.15) is 10.4 Å². The molecule has 0 aliphatic rings. The van der Waals surface area contributed by atoms with Gasteiger partial charge in [0.2, 0.25) is 0 Å². The van der Waals surface area contributed by atoms with E-state index < -0.39 is 0 Å². The Morgan fingerprint density at radius 3 is 2.50 bits per heavy atom. The molecular formula is C24H15ClFN5O. The molecule has 0 radical (unpaired) electrons. The van der Waals surface area contributed by atoms with Crippen molar-refractivity contribution < 1.29 is 9.18 Å². The molecule has 3 aromatic heterocycles. The zero-order chi connectivity index (χ0) is 22.1. The SMILES string of the molecule is O=C(Nc1cc(-c2c(-c3ccc(F)cc3)nc3cccnn23)ccn1)c1ccc(Cl)cc1. The topological polar surface area (TPSA) is 72.2 Å². The van der Waals surface area contributed by atoms with Crippen molar-refractivity contribution in [2.75, 3.05) is 5.32 Å². The molecule has 0 aliphatic carbocycles. The molecule has 6 nitrogen and oxygen atoms in total. The standard InChI is InChI=1S/C24H15ClFN5O/c25-18-7-3-16(4-8-18)24(32)29-20-14-17(11-13-27-20)23-22(15-5-9-19(26)10-6-15)30-21-2-1-12-28-31(21)23/h1-14H,(H,27,29,32). The molecule has 0 aliphatic heterocycles. The van der Waals surface area contributed by atoms with E-state index in [4.69, 9.17) is 16.6 Å². The van der Waals surface area contributed by atoms with Crippen molar-refractivity contribution in [3.63, 3.8) is 0 Å². The van der Waals surface area contributed by atoms with Crippen LogP contribution in [0.5, 0.6) is 0 Å². The van der Waals surface area contributed by atoms with Crippen molar-refractivity contribution >= 4 is 29.0 Å². The van der Waals surface area contributed by atoms with E-state index >= 15 is 0 Å². The van der Waals surface area contributed by atoms with E-state index in [-0.39, 0.29) is 11.7 Å². The number of carbonyl (C=O) groups excluding carboxylic acids is 1. The van der Waals surface area contributed by atoms with Gasteiger partial charge in [-0.25, -0.2) is 18.9 Å². The normalized spacial score (nSPS) is 10.9. The Hall–Kier alpha value is -4.10. The zero-order valence-corrected chi connectivity index (χ0v) is 17.3. The molecule has 0 fully saturated rings. The largest absolute Gasteiger partial charge is 0.307 e. The summed E-state index contributed by atoms with van der Waals surface area (Å²) in [4.78, 5) is 21.6. The second-order valence-electron chi connectivity index (χ2n) is 7.00. The number of nitrogens with one attached hydrogen (secondary N) is 1. The second kappa shape index (κ2) is 8.20. The van der Waals surface area contributed by atoms with Crippen molar-refractivity contribution in [3.8, 4) is 22.5 Å². The quantitative estimate of drug-likeness (QED) is 0.398. The van der Waals surface area contributed by atoms with Gasteiger partial charge in [-0.3, -0.25) is 4.79 Å². The fraction of sp³-hybridized carbons (Fsp3) is 0. The number of fused-ring (bicyclic) bond motifs is 1. The summed E-state index contributed by atoms with van der Waals surface area (Å²) in [5, 5.41) is 7.78. The summed E-state index contributed by atoms with van der Waals surface area (Å²) in [6.45, 7) is 0. The van der Waals surface area contributed by atoms with Crippen LogP contribution in [0.3, 0.4) is 0 Å². The second-order valence-corrected chi connectivity index (χ2v) is 7.44. The summed E-state index contributed by atoms with van der Waals surface area (Å²) in [5.41, 5.74) is 3.95. The lowest BCUT2D eigenvalue weighted by molar-refractivity contribution is 0.102. The number of hydrogen-bond donors (Lipinski definition) is 1. The number of halogens is 2. The van der Waals surface area contributed by atoms with Crippen LogP contribution in [-0.2, 0) is 0 Å². The minimum absolute atomic E-state index is 0.304. The average molecular weight is 444 g/mol. The summed E-state index contributed by atoms with van der Waals surface area (Å²) in [7, 11) is 0. The summed E-state index contributed by atoms with van der Waals surface area (Å²) in [6.07, 6.45) is 3.26. The Bertz CT molecular complexity index is 1430. The fourth-order valence-electron chi connectivity index (χ4n) is 3.39. The van der Waals surface area contributed by atoms with Gasteiger partial charge in [0.25, 0.3) is 5.91 Å². The van der Waals surface area contributed by atoms with Crippen LogP contribution in [0.25, 0.3) is 28.2 Å². The maximum atomic E-state index is 13.5. The van der Waals surface area contributed by atoms with Crippen LogP contribution < -0.4 is 5.32 Å². The molecule has 1 N–H and O–H groups in total. The number of anilines is 1. The molecule has 1 amide bonds. The first-order chi connectivity index (χ1) is 15.6. The Morgan fingerprint density at radius 1 is 0.938 bits per heavy atom. The van der Waals surface area contributed by atoms with Crippen molar-refractivity contribution in [1.82, 2.24) is 19.6 Å². The van der Waals surface area contributed by atoms with Gasteiger partial charge in [0.1, 0.15) is 17.3 Å². The van der Waals surface area contributed by atoms with Gasteiger partial charge in [-0.2, -0.15) is 5.10 Å². The Labute approximate surface area is 187 Å². The number of aromatic nitrogens is 4. The predicted octanol–water partition coefficient (Wildman–Crippen LogP) is 5.50. The molecule has 5 aromatic rings. The summed E-state index contributed by atoms with van der Waals surface area (Å²) in [6, 6.07) is 19.9. The first-order valence-corrected chi connectivity index (χ1v) is 10.1. The maximum absolute atomic E-state index is 13.5. The lowest BCUT2D eigenvalue weighted by Gasteiger charge is -2.08. The third-order valence-electron chi connectivity index (χ3n) is 4.89. The number of hydrogen-bond acceptors (Lipinski definition) is 4. The molecule has 3 heterocycles. The van der Waals surface area contributed by atoms with Crippen LogP contribution in [0, 0.1) is 5.82 Å². The zero-order valence-electron chi connectivity index (χ0n) is 16.5. The molecule has 0 atom stereocenters. The van der Waals surface area contributed by atoms with Crippen LogP contribution in [0.4, 0.5) is 10.2 Å². The van der Waals surface area contributed by atoms with E-state index in [1.165, 1.54) is 12.1 Å². The van der Waals surface area contributed by atoms with E-state index in [2.05, 4.69) is 15.4 Å². The van der Waals surface area contributed by atoms with Crippen molar-refractivity contribution in [3.05, 3.63) is 102 Å². The van der Waals surface area contributed by atoms with Crippen LogP contribution in [-0.4, -0.2) is 25.5 Å². The molecule has 0 saturated heterocycles. The molecule has 2 aromatic carbocycles. The number of rotatable bonds is 4. The van der Waals surface area contributed by atoms with Gasteiger partial charge in [0, 0.05) is 34.1 Å². The maximum Gasteiger partial charge on any atom is 0.256 e. The molecule has 0 bridgehead atoms. The van der Waals surface area contributed by atoms with Gasteiger partial charge in [0.05, 0.1) is 5.69 Å². The first-order valence-electron chi connectivity index (χ1n) is 9.71. The predicted molar refractivity (Wildman–Crippen MR) is 121 cm³/mol. The van der Waals surface area contributed by atoms with Crippen molar-refractivity contribution in [2.24, 2.45) is 0 Å². The highest BCUT2D eigenvalue weighted by molar-refractivity contribution is 6.30. The van der Waals surface area contributed by atoms with Gasteiger partial charge in [-0.15, -0.1) is 0 Å². The summed E-state index contributed by atoms with van der Waals surface area (Å²) < 4.78 is 15.2. The highest BCUT2D eigenvalue weighted by Crippen LogP contribution is 2.33. The number of nitrogens with zero attached hydrogens (tertiary/aromatic N) is 4. The molecule has 156 valence electrons. The number of imidazole rings is 1. The fourth-order valence-corrected chi connectivity index (χ4v) is 3.52. The van der Waals surface area contributed by atoms with E-state index in [9.17, 15) is 9.18 Å². The smallest absolute Gasteiger partial charge is 0.256 e. The minimum atomic E-state index is -0.326. The van der Waals surface area contributed by atoms with Gasteiger partial charge >= 0.3 is 0 Å². The molecule has 0 saturated carbocycles. The van der Waals surface area contributed by atoms with E-state index in [1.54, 1.807) is 65.4 Å². The van der Waals surface area contributed by atoms with Gasteiger partial charge in [-0.1, -0.05) is 11.6 Å². The third kappa shape index (κ3) is 3.81. The van der Waals surface area contributed by atoms with E-state index in [1.807, 2.05) is 12.1 Å². The van der Waals surface area contributed by atoms with Crippen molar-refractivity contribution in [2.45, 2.75) is 0 Å². The van der Waals surface area contributed by atoms with E-state index in [0.29, 0.717) is 33.4 Å². The van der Waals surface area contributed by atoms with Gasteiger partial charge in [0.15, 0.2) is 5.65 Å². The molecule has 8 heteroatoms. The Balaban J connectivity index is 1.57. The number of pyridine rings is 1. The molecule has 0 unspecified atom stereocenters. The van der Waals surface area contributed by atoms with Crippen LogP contribution in [0.2, 0.25) is 5.02 Å². The highest BCUT2D eigenvalue weighted by Gasteiger charge is 2.18. The molecule has 0 spiro atoms. The number of carbonyl (C=O) groups is 1. The summed E-state index contributed by atoms with van der Waals surface area (Å²) in [5.74, 6) is -0.256. The third-order valence-corrected chi connectivity index (χ3v) is 5.14. The van der Waals surface area contributed by atoms with Gasteiger partial charge in [-0.05, 0) is 72.8 Å². The Kier molecular flexibility index (Phi) is 5.09. The van der Waals surface area contributed by atoms with Gasteiger partial charge < -0.3 is 5.32 Å². The Morgan fingerprint density at radius 2 is 1.72 bits per heavy atom. The van der Waals surface area contributed by atoms with Crippen LogP contribution in [0.15, 0.2) is 85.2 Å². The van der Waals surface area contributed by atoms with Crippen LogP contribution >= 0.6 is 11.6 Å². The monoisotopic (exact) mass is 443 g/mol. The molecule has 32 heavy (non-hydrogen) atoms. The summed E-state index contributed by atoms with van der Waals surface area (Å²) >= 11 is 5.90. The molecular weight excluding hydrogens is 429 g/mol. The minimum Gasteiger partial charge on any atom is -0.307 e. The lowest BCUT2D eigenvalue weighted by atomic mass is 10.1. The number of benzene rings is 2. The average Bonchev–Trinajstić information content (AvgIpc) is 3.20.